The lowest BCUT2D eigenvalue weighted by atomic mass is 10.0. The van der Waals surface area contributed by atoms with Gasteiger partial charge in [0.2, 0.25) is 0 Å². The maximum Gasteiger partial charge on any atom is 0.343 e. The van der Waals surface area contributed by atoms with Crippen molar-refractivity contribution in [2.75, 3.05) is 13.7 Å². The predicted molar refractivity (Wildman–Crippen MR) is 122 cm³/mol. The van der Waals surface area contributed by atoms with Crippen LogP contribution in [0.15, 0.2) is 47.6 Å². The molecule has 2 rings (SSSR count). The second-order valence-electron chi connectivity index (χ2n) is 7.00. The van der Waals surface area contributed by atoms with Crippen LogP contribution in [0.1, 0.15) is 29.8 Å². The molecular formula is C22H23Cl2N3O5. The highest BCUT2D eigenvalue weighted by Crippen LogP contribution is 2.22. The van der Waals surface area contributed by atoms with E-state index in [-0.39, 0.29) is 23.1 Å². The van der Waals surface area contributed by atoms with E-state index in [0.717, 1.165) is 0 Å². The van der Waals surface area contributed by atoms with Crippen LogP contribution in [0.2, 0.25) is 10.0 Å². The van der Waals surface area contributed by atoms with Crippen LogP contribution in [0.25, 0.3) is 0 Å². The number of amides is 2. The van der Waals surface area contributed by atoms with Crippen molar-refractivity contribution in [3.8, 4) is 5.75 Å². The average Bonchev–Trinajstić information content (AvgIpc) is 2.77. The minimum absolute atomic E-state index is 0.202. The van der Waals surface area contributed by atoms with Gasteiger partial charge in [0.05, 0.1) is 23.4 Å². The second kappa shape index (κ2) is 12.1. The fourth-order valence-electron chi connectivity index (χ4n) is 2.52. The van der Waals surface area contributed by atoms with Crippen molar-refractivity contribution in [3.63, 3.8) is 0 Å². The summed E-state index contributed by atoms with van der Waals surface area (Å²) >= 11 is 11.8. The van der Waals surface area contributed by atoms with E-state index in [1.165, 1.54) is 31.5 Å². The molecule has 0 aliphatic rings. The number of hydrogen-bond acceptors (Lipinski definition) is 6. The Kier molecular flexibility index (Phi) is 9.49. The number of carbonyl (C=O) groups excluding carboxylic acids is 3. The molecule has 1 unspecified atom stereocenters. The Bertz CT molecular complexity index is 1010. The molecule has 1 atom stereocenters. The summed E-state index contributed by atoms with van der Waals surface area (Å²) in [5, 5.41) is 7.19. The van der Waals surface area contributed by atoms with Crippen LogP contribution in [-0.2, 0) is 14.3 Å². The highest BCUT2D eigenvalue weighted by Gasteiger charge is 2.24. The van der Waals surface area contributed by atoms with Crippen LogP contribution in [0.4, 0.5) is 0 Å². The number of hydrazone groups is 1. The zero-order chi connectivity index (χ0) is 23.7. The van der Waals surface area contributed by atoms with E-state index in [1.807, 2.05) is 0 Å². The summed E-state index contributed by atoms with van der Waals surface area (Å²) in [5.74, 6) is -1.20. The Morgan fingerprint density at radius 2 is 1.84 bits per heavy atom. The summed E-state index contributed by atoms with van der Waals surface area (Å²) in [4.78, 5) is 36.3. The molecule has 8 nitrogen and oxygen atoms in total. The largest absolute Gasteiger partial charge is 0.482 e. The lowest BCUT2D eigenvalue weighted by Gasteiger charge is -2.20. The lowest BCUT2D eigenvalue weighted by molar-refractivity contribution is -0.142. The Morgan fingerprint density at radius 3 is 2.50 bits per heavy atom. The van der Waals surface area contributed by atoms with Crippen molar-refractivity contribution >= 4 is 47.2 Å². The number of carbonyl (C=O) groups is 3. The maximum atomic E-state index is 12.6. The molecule has 0 aromatic heterocycles. The number of esters is 1. The number of nitrogens with one attached hydrogen (secondary N) is 2. The van der Waals surface area contributed by atoms with Crippen molar-refractivity contribution in [2.24, 2.45) is 11.0 Å². The lowest BCUT2D eigenvalue weighted by Crippen LogP contribution is -2.48. The molecule has 32 heavy (non-hydrogen) atoms. The molecule has 0 bridgehead atoms. The van der Waals surface area contributed by atoms with Gasteiger partial charge in [0, 0.05) is 5.56 Å². The molecule has 0 aliphatic carbocycles. The molecule has 10 heteroatoms. The Labute approximate surface area is 195 Å². The van der Waals surface area contributed by atoms with E-state index in [1.54, 1.807) is 38.1 Å². The molecular weight excluding hydrogens is 457 g/mol. The third-order valence-electron chi connectivity index (χ3n) is 4.25. The van der Waals surface area contributed by atoms with Gasteiger partial charge in [0.15, 0.2) is 6.61 Å². The first-order chi connectivity index (χ1) is 15.2. The van der Waals surface area contributed by atoms with Crippen molar-refractivity contribution in [2.45, 2.75) is 19.9 Å². The molecule has 170 valence electrons. The zero-order valence-electron chi connectivity index (χ0n) is 17.7. The third kappa shape index (κ3) is 7.55. The highest BCUT2D eigenvalue weighted by molar-refractivity contribution is 6.42. The van der Waals surface area contributed by atoms with Gasteiger partial charge in [-0.2, -0.15) is 5.10 Å². The van der Waals surface area contributed by atoms with Crippen LogP contribution in [-0.4, -0.2) is 43.8 Å². The molecule has 0 saturated carbocycles. The van der Waals surface area contributed by atoms with Crippen LogP contribution in [0.3, 0.4) is 0 Å². The monoisotopic (exact) mass is 479 g/mol. The minimum Gasteiger partial charge on any atom is -0.482 e. The summed E-state index contributed by atoms with van der Waals surface area (Å²) in [7, 11) is 1.27. The SMILES string of the molecule is COC(=O)COc1cccc(/C=N/NC(=O)C(NC(=O)c2ccc(Cl)c(Cl)c2)C(C)C)c1. The summed E-state index contributed by atoms with van der Waals surface area (Å²) in [5.41, 5.74) is 3.34. The molecule has 0 radical (unpaired) electrons. The van der Waals surface area contributed by atoms with E-state index in [0.29, 0.717) is 16.3 Å². The topological polar surface area (TPSA) is 106 Å². The first-order valence-electron chi connectivity index (χ1n) is 9.59. The Morgan fingerprint density at radius 1 is 1.09 bits per heavy atom. The van der Waals surface area contributed by atoms with Crippen molar-refractivity contribution in [3.05, 3.63) is 63.6 Å². The number of hydrogen-bond donors (Lipinski definition) is 2. The zero-order valence-corrected chi connectivity index (χ0v) is 19.2. The summed E-state index contributed by atoms with van der Waals surface area (Å²) in [6, 6.07) is 10.4. The Balaban J connectivity index is 1.99. The van der Waals surface area contributed by atoms with Crippen molar-refractivity contribution in [1.29, 1.82) is 0 Å². The minimum atomic E-state index is -0.830. The smallest absolute Gasteiger partial charge is 0.343 e. The third-order valence-corrected chi connectivity index (χ3v) is 4.99. The summed E-state index contributed by atoms with van der Waals surface area (Å²) in [6.45, 7) is 3.37. The summed E-state index contributed by atoms with van der Waals surface area (Å²) < 4.78 is 9.83. The van der Waals surface area contributed by atoms with Crippen LogP contribution in [0.5, 0.6) is 5.75 Å². The second-order valence-corrected chi connectivity index (χ2v) is 7.81. The van der Waals surface area contributed by atoms with Crippen molar-refractivity contribution in [1.82, 2.24) is 10.7 Å². The molecule has 0 heterocycles. The number of ether oxygens (including phenoxy) is 2. The number of methoxy groups -OCH3 is 1. The van der Waals surface area contributed by atoms with Gasteiger partial charge in [-0.25, -0.2) is 10.2 Å². The van der Waals surface area contributed by atoms with Gasteiger partial charge in [-0.15, -0.1) is 0 Å². The van der Waals surface area contributed by atoms with Gasteiger partial charge in [-0.05, 0) is 41.8 Å². The van der Waals surface area contributed by atoms with Gasteiger partial charge in [-0.3, -0.25) is 9.59 Å². The van der Waals surface area contributed by atoms with E-state index < -0.39 is 23.8 Å². The fourth-order valence-corrected chi connectivity index (χ4v) is 2.82. The van der Waals surface area contributed by atoms with Crippen LogP contribution >= 0.6 is 23.2 Å². The highest BCUT2D eigenvalue weighted by atomic mass is 35.5. The molecule has 0 spiro atoms. The number of benzene rings is 2. The van der Waals surface area contributed by atoms with E-state index in [4.69, 9.17) is 27.9 Å². The van der Waals surface area contributed by atoms with E-state index in [2.05, 4.69) is 20.6 Å². The number of nitrogens with zero attached hydrogens (tertiary/aromatic N) is 1. The first kappa shape index (κ1) is 25.2. The molecule has 0 saturated heterocycles. The molecule has 2 amide bonds. The van der Waals surface area contributed by atoms with Gasteiger partial charge < -0.3 is 14.8 Å². The average molecular weight is 480 g/mol. The number of halogens is 2. The first-order valence-corrected chi connectivity index (χ1v) is 10.4. The molecule has 0 aliphatic heterocycles. The van der Waals surface area contributed by atoms with E-state index in [9.17, 15) is 14.4 Å². The van der Waals surface area contributed by atoms with Crippen LogP contribution < -0.4 is 15.5 Å². The molecule has 2 N–H and O–H groups in total. The normalized spacial score (nSPS) is 11.8. The summed E-state index contributed by atoms with van der Waals surface area (Å²) in [6.07, 6.45) is 1.42. The quantitative estimate of drug-likeness (QED) is 0.325. The van der Waals surface area contributed by atoms with Gasteiger partial charge in [-0.1, -0.05) is 49.2 Å². The van der Waals surface area contributed by atoms with Gasteiger partial charge >= 0.3 is 5.97 Å². The van der Waals surface area contributed by atoms with Gasteiger partial charge in [0.1, 0.15) is 11.8 Å². The predicted octanol–water partition coefficient (Wildman–Crippen LogP) is 3.45. The Hall–Kier alpha value is -3.10. The molecule has 0 fully saturated rings. The fraction of sp³-hybridized carbons (Fsp3) is 0.273. The van der Waals surface area contributed by atoms with Crippen LogP contribution in [0, 0.1) is 5.92 Å². The maximum absolute atomic E-state index is 12.6. The van der Waals surface area contributed by atoms with Crippen molar-refractivity contribution < 1.29 is 23.9 Å². The standard InChI is InChI=1S/C22H23Cl2N3O5/c1-13(2)20(26-21(29)15-7-8-17(23)18(24)10-15)22(30)27-25-11-14-5-4-6-16(9-14)32-12-19(28)31-3/h4-11,13,20H,12H2,1-3H3,(H,26,29)(H,27,30)/b25-11+. The molecule has 2 aromatic carbocycles. The number of rotatable bonds is 9. The molecule has 2 aromatic rings. The van der Waals surface area contributed by atoms with Gasteiger partial charge in [0.25, 0.3) is 11.8 Å². The van der Waals surface area contributed by atoms with E-state index >= 15 is 0 Å².